The van der Waals surface area contributed by atoms with Gasteiger partial charge in [-0.05, 0) is 11.6 Å². The van der Waals surface area contributed by atoms with E-state index in [1.807, 2.05) is 30.3 Å². The largest absolute Gasteiger partial charge is 0.494 e. The lowest BCUT2D eigenvalue weighted by molar-refractivity contribution is 0.0913. The number of aliphatic hydroxyl groups is 1. The predicted molar refractivity (Wildman–Crippen MR) is 74.5 cm³/mol. The number of amides is 1. The molecule has 0 fully saturated rings. The van der Waals surface area contributed by atoms with Gasteiger partial charge in [-0.1, -0.05) is 30.3 Å². The van der Waals surface area contributed by atoms with Crippen LogP contribution in [0.5, 0.6) is 5.75 Å². The number of rotatable bonds is 5. The third-order valence-electron chi connectivity index (χ3n) is 2.94. The first kappa shape index (κ1) is 14.0. The Kier molecular flexibility index (Phi) is 4.68. The van der Waals surface area contributed by atoms with Gasteiger partial charge in [0.1, 0.15) is 5.75 Å². The number of nitrogens with one attached hydrogen (secondary N) is 1. The number of hydrogen-bond acceptors (Lipinski definition) is 4. The van der Waals surface area contributed by atoms with Crippen molar-refractivity contribution >= 4 is 5.91 Å². The fourth-order valence-corrected chi connectivity index (χ4v) is 1.89. The summed E-state index contributed by atoms with van der Waals surface area (Å²) in [7, 11) is 1.48. The van der Waals surface area contributed by atoms with Gasteiger partial charge in [-0.25, -0.2) is 0 Å². The monoisotopic (exact) mass is 272 g/mol. The predicted octanol–water partition coefficient (Wildman–Crippen LogP) is 1.55. The highest BCUT2D eigenvalue weighted by Crippen LogP contribution is 2.18. The Morgan fingerprint density at radius 1 is 1.35 bits per heavy atom. The number of pyridine rings is 1. The molecule has 5 nitrogen and oxygen atoms in total. The lowest BCUT2D eigenvalue weighted by Gasteiger charge is -2.17. The molecule has 0 saturated heterocycles. The van der Waals surface area contributed by atoms with E-state index in [9.17, 15) is 9.90 Å². The lowest BCUT2D eigenvalue weighted by atomic mass is 10.1. The average molecular weight is 272 g/mol. The maximum absolute atomic E-state index is 12.2. The Morgan fingerprint density at radius 3 is 2.75 bits per heavy atom. The van der Waals surface area contributed by atoms with Gasteiger partial charge in [0.15, 0.2) is 0 Å². The van der Waals surface area contributed by atoms with Gasteiger partial charge < -0.3 is 15.2 Å². The summed E-state index contributed by atoms with van der Waals surface area (Å²) in [5.74, 6) is 0.0851. The zero-order valence-electron chi connectivity index (χ0n) is 11.1. The van der Waals surface area contributed by atoms with Crippen molar-refractivity contribution in [3.05, 3.63) is 59.9 Å². The van der Waals surface area contributed by atoms with Crippen LogP contribution in [0.25, 0.3) is 0 Å². The minimum atomic E-state index is -0.457. The van der Waals surface area contributed by atoms with E-state index in [2.05, 4.69) is 10.3 Å². The van der Waals surface area contributed by atoms with Gasteiger partial charge in [0.25, 0.3) is 5.91 Å². The van der Waals surface area contributed by atoms with Crippen LogP contribution in [0.4, 0.5) is 0 Å². The summed E-state index contributed by atoms with van der Waals surface area (Å²) >= 11 is 0. The molecule has 2 rings (SSSR count). The summed E-state index contributed by atoms with van der Waals surface area (Å²) in [5.41, 5.74) is 1.23. The van der Waals surface area contributed by atoms with Gasteiger partial charge in [-0.3, -0.25) is 9.78 Å². The van der Waals surface area contributed by atoms with Crippen LogP contribution in [0.3, 0.4) is 0 Å². The van der Waals surface area contributed by atoms with Crippen LogP contribution in [-0.4, -0.2) is 29.7 Å². The van der Waals surface area contributed by atoms with Gasteiger partial charge in [0, 0.05) is 6.20 Å². The number of benzene rings is 1. The number of carbonyl (C=O) groups is 1. The Morgan fingerprint density at radius 2 is 2.10 bits per heavy atom. The van der Waals surface area contributed by atoms with E-state index in [1.54, 1.807) is 6.07 Å². The van der Waals surface area contributed by atoms with Crippen LogP contribution < -0.4 is 10.1 Å². The molecule has 0 saturated carbocycles. The second kappa shape index (κ2) is 6.68. The van der Waals surface area contributed by atoms with Crippen molar-refractivity contribution in [3.8, 4) is 5.75 Å². The summed E-state index contributed by atoms with van der Waals surface area (Å²) in [6.45, 7) is -0.177. The van der Waals surface area contributed by atoms with Crippen molar-refractivity contribution in [1.82, 2.24) is 10.3 Å². The first-order valence-corrected chi connectivity index (χ1v) is 6.21. The number of ether oxygens (including phenoxy) is 1. The van der Waals surface area contributed by atoms with Crippen LogP contribution in [0, 0.1) is 0 Å². The highest BCUT2D eigenvalue weighted by molar-refractivity contribution is 5.97. The fourth-order valence-electron chi connectivity index (χ4n) is 1.89. The van der Waals surface area contributed by atoms with E-state index >= 15 is 0 Å². The molecule has 0 aliphatic rings. The molecule has 2 N–H and O–H groups in total. The third kappa shape index (κ3) is 3.13. The molecular formula is C15H16N2O3. The maximum atomic E-state index is 12.2. The quantitative estimate of drug-likeness (QED) is 0.866. The van der Waals surface area contributed by atoms with E-state index in [0.29, 0.717) is 11.3 Å². The molecule has 0 radical (unpaired) electrons. The summed E-state index contributed by atoms with van der Waals surface area (Å²) < 4.78 is 5.10. The molecule has 0 spiro atoms. The second-order valence-electron chi connectivity index (χ2n) is 4.20. The van der Waals surface area contributed by atoms with Gasteiger partial charge in [0.05, 0.1) is 31.5 Å². The highest BCUT2D eigenvalue weighted by Gasteiger charge is 2.17. The second-order valence-corrected chi connectivity index (χ2v) is 4.20. The first-order valence-electron chi connectivity index (χ1n) is 6.21. The van der Waals surface area contributed by atoms with E-state index in [-0.39, 0.29) is 12.5 Å². The smallest absolute Gasteiger partial charge is 0.255 e. The van der Waals surface area contributed by atoms with Crippen molar-refractivity contribution in [2.24, 2.45) is 0 Å². The van der Waals surface area contributed by atoms with Crippen molar-refractivity contribution < 1.29 is 14.6 Å². The Hall–Kier alpha value is -2.40. The maximum Gasteiger partial charge on any atom is 0.255 e. The Labute approximate surface area is 117 Å². The molecule has 1 amide bonds. The number of aromatic nitrogens is 1. The molecule has 0 aliphatic heterocycles. The van der Waals surface area contributed by atoms with Crippen molar-refractivity contribution in [3.63, 3.8) is 0 Å². The Bertz CT molecular complexity index is 572. The molecule has 2 aromatic rings. The topological polar surface area (TPSA) is 71.5 Å². The normalized spacial score (nSPS) is 11.7. The Balaban J connectivity index is 2.18. The van der Waals surface area contributed by atoms with Crippen LogP contribution in [0.2, 0.25) is 0 Å². The first-order chi connectivity index (χ1) is 9.76. The molecule has 1 aromatic carbocycles. The summed E-state index contributed by atoms with van der Waals surface area (Å²) in [6, 6.07) is 10.4. The zero-order chi connectivity index (χ0) is 14.4. The number of hydrogen-bond donors (Lipinski definition) is 2. The van der Waals surface area contributed by atoms with Gasteiger partial charge in [-0.15, -0.1) is 0 Å². The molecule has 20 heavy (non-hydrogen) atoms. The average Bonchev–Trinajstić information content (AvgIpc) is 2.53. The third-order valence-corrected chi connectivity index (χ3v) is 2.94. The molecule has 1 atom stereocenters. The van der Waals surface area contributed by atoms with Crippen LogP contribution in [-0.2, 0) is 0 Å². The SMILES string of the molecule is COc1cnccc1C(=O)NC(CO)c1ccccc1. The lowest BCUT2D eigenvalue weighted by Crippen LogP contribution is -2.31. The minimum absolute atomic E-state index is 0.177. The minimum Gasteiger partial charge on any atom is -0.494 e. The number of nitrogens with zero attached hydrogens (tertiary/aromatic N) is 1. The summed E-state index contributed by atoms with van der Waals surface area (Å²) in [5, 5.41) is 12.2. The van der Waals surface area contributed by atoms with E-state index in [4.69, 9.17) is 4.74 Å². The van der Waals surface area contributed by atoms with E-state index in [0.717, 1.165) is 5.56 Å². The molecule has 104 valence electrons. The highest BCUT2D eigenvalue weighted by atomic mass is 16.5. The van der Waals surface area contributed by atoms with Crippen LogP contribution >= 0.6 is 0 Å². The standard InChI is InChI=1S/C15H16N2O3/c1-20-14-9-16-8-7-12(14)15(19)17-13(10-18)11-5-3-2-4-6-11/h2-9,13,18H,10H2,1H3,(H,17,19). The van der Waals surface area contributed by atoms with E-state index in [1.165, 1.54) is 19.5 Å². The summed E-state index contributed by atoms with van der Waals surface area (Å²) in [6.07, 6.45) is 3.00. The number of carbonyl (C=O) groups excluding carboxylic acids is 1. The van der Waals surface area contributed by atoms with E-state index < -0.39 is 6.04 Å². The summed E-state index contributed by atoms with van der Waals surface area (Å²) in [4.78, 5) is 16.1. The number of methoxy groups -OCH3 is 1. The van der Waals surface area contributed by atoms with Crippen molar-refractivity contribution in [2.45, 2.75) is 6.04 Å². The molecule has 5 heteroatoms. The molecule has 1 heterocycles. The zero-order valence-corrected chi connectivity index (χ0v) is 11.1. The van der Waals surface area contributed by atoms with Gasteiger partial charge >= 0.3 is 0 Å². The van der Waals surface area contributed by atoms with Gasteiger partial charge in [0.2, 0.25) is 0 Å². The fraction of sp³-hybridized carbons (Fsp3) is 0.200. The number of aliphatic hydroxyl groups excluding tert-OH is 1. The molecule has 0 bridgehead atoms. The molecule has 0 aliphatic carbocycles. The molecule has 1 aromatic heterocycles. The van der Waals surface area contributed by atoms with Crippen molar-refractivity contribution in [1.29, 1.82) is 0 Å². The molecule has 1 unspecified atom stereocenters. The van der Waals surface area contributed by atoms with Gasteiger partial charge in [-0.2, -0.15) is 0 Å². The molecular weight excluding hydrogens is 256 g/mol. The van der Waals surface area contributed by atoms with Crippen molar-refractivity contribution in [2.75, 3.05) is 13.7 Å². The van der Waals surface area contributed by atoms with Crippen LogP contribution in [0.1, 0.15) is 22.0 Å². The van der Waals surface area contributed by atoms with Crippen LogP contribution in [0.15, 0.2) is 48.8 Å².